The molecule has 0 unspecified atom stereocenters. The third-order valence-corrected chi connectivity index (χ3v) is 6.65. The predicted molar refractivity (Wildman–Crippen MR) is 101 cm³/mol. The van der Waals surface area contributed by atoms with E-state index in [9.17, 15) is 18.3 Å². The highest BCUT2D eigenvalue weighted by atomic mass is 32.2. The molecule has 1 aliphatic heterocycles. The number of benzene rings is 1. The largest absolute Gasteiger partial charge is 0.394 e. The summed E-state index contributed by atoms with van der Waals surface area (Å²) in [5.74, 6) is 0.288. The minimum absolute atomic E-state index is 0.0956. The Balaban J connectivity index is 1.51. The summed E-state index contributed by atoms with van der Waals surface area (Å²) in [7, 11) is -3.67. The molecular formula is C19H28N2O5S. The van der Waals surface area contributed by atoms with E-state index in [1.807, 2.05) is 6.92 Å². The van der Waals surface area contributed by atoms with Crippen LogP contribution >= 0.6 is 0 Å². The maximum atomic E-state index is 12.6. The molecule has 27 heavy (non-hydrogen) atoms. The van der Waals surface area contributed by atoms with Crippen molar-refractivity contribution in [2.75, 3.05) is 13.2 Å². The number of amides is 1. The SMILES string of the molecule is Cc1ccc(S(=O)(=O)N[C@H]2CC[C@H](CCNC(=O)C3CC3)O[C@@H]2CO)cc1. The molecular weight excluding hydrogens is 368 g/mol. The van der Waals surface area contributed by atoms with E-state index in [-0.39, 0.29) is 29.4 Å². The quantitative estimate of drug-likeness (QED) is 0.610. The molecule has 1 amide bonds. The number of aliphatic hydroxyl groups is 1. The number of aliphatic hydroxyl groups excluding tert-OH is 1. The molecule has 0 aromatic heterocycles. The van der Waals surface area contributed by atoms with Crippen LogP contribution in [-0.2, 0) is 19.6 Å². The first-order chi connectivity index (χ1) is 12.9. The molecule has 3 atom stereocenters. The van der Waals surface area contributed by atoms with E-state index >= 15 is 0 Å². The second kappa shape index (κ2) is 8.68. The van der Waals surface area contributed by atoms with Gasteiger partial charge < -0.3 is 15.2 Å². The molecule has 7 nitrogen and oxygen atoms in total. The van der Waals surface area contributed by atoms with Gasteiger partial charge in [-0.25, -0.2) is 13.1 Å². The maximum absolute atomic E-state index is 12.6. The topological polar surface area (TPSA) is 105 Å². The number of hydrogen-bond donors (Lipinski definition) is 3. The van der Waals surface area contributed by atoms with Crippen molar-refractivity contribution in [2.24, 2.45) is 5.92 Å². The van der Waals surface area contributed by atoms with Crippen LogP contribution in [-0.4, -0.2) is 50.8 Å². The van der Waals surface area contributed by atoms with Crippen molar-refractivity contribution in [1.29, 1.82) is 0 Å². The van der Waals surface area contributed by atoms with E-state index in [1.165, 1.54) is 0 Å². The van der Waals surface area contributed by atoms with Crippen molar-refractivity contribution >= 4 is 15.9 Å². The highest BCUT2D eigenvalue weighted by Crippen LogP contribution is 2.29. The average Bonchev–Trinajstić information content (AvgIpc) is 3.48. The Labute approximate surface area is 160 Å². The van der Waals surface area contributed by atoms with Crippen LogP contribution in [0.4, 0.5) is 0 Å². The summed E-state index contributed by atoms with van der Waals surface area (Å²) in [6, 6.07) is 6.17. The van der Waals surface area contributed by atoms with Gasteiger partial charge in [-0.3, -0.25) is 4.79 Å². The number of hydrogen-bond acceptors (Lipinski definition) is 5. The summed E-state index contributed by atoms with van der Waals surface area (Å²) in [5.41, 5.74) is 0.986. The molecule has 8 heteroatoms. The lowest BCUT2D eigenvalue weighted by atomic mass is 9.98. The highest BCUT2D eigenvalue weighted by Gasteiger charge is 2.34. The van der Waals surface area contributed by atoms with Crippen LogP contribution in [0.2, 0.25) is 0 Å². The standard InChI is InChI=1S/C19H28N2O5S/c1-13-2-7-16(8-3-13)27(24,25)21-17-9-6-15(26-18(17)12-22)10-11-20-19(23)14-4-5-14/h2-3,7-8,14-15,17-18,21-22H,4-6,9-12H2,1H3,(H,20,23)/t15-,17+,18-/m1/s1. The lowest BCUT2D eigenvalue weighted by molar-refractivity contribution is -0.122. The Morgan fingerprint density at radius 1 is 1.19 bits per heavy atom. The second-order valence-corrected chi connectivity index (χ2v) is 9.17. The number of carbonyl (C=O) groups excluding carboxylic acids is 1. The fourth-order valence-corrected chi connectivity index (χ4v) is 4.61. The second-order valence-electron chi connectivity index (χ2n) is 7.45. The number of carbonyl (C=O) groups is 1. The van der Waals surface area contributed by atoms with Gasteiger partial charge in [0.15, 0.2) is 0 Å². The van der Waals surface area contributed by atoms with E-state index in [2.05, 4.69) is 10.0 Å². The third kappa shape index (κ3) is 5.51. The van der Waals surface area contributed by atoms with Crippen LogP contribution in [0.25, 0.3) is 0 Å². The fraction of sp³-hybridized carbons (Fsp3) is 0.632. The van der Waals surface area contributed by atoms with Crippen LogP contribution in [0.15, 0.2) is 29.2 Å². The van der Waals surface area contributed by atoms with Crippen molar-refractivity contribution in [3.8, 4) is 0 Å². The smallest absolute Gasteiger partial charge is 0.240 e. The van der Waals surface area contributed by atoms with E-state index in [0.717, 1.165) is 18.4 Å². The van der Waals surface area contributed by atoms with Gasteiger partial charge in [0.1, 0.15) is 0 Å². The van der Waals surface area contributed by atoms with Gasteiger partial charge in [-0.1, -0.05) is 17.7 Å². The van der Waals surface area contributed by atoms with Gasteiger partial charge in [0.25, 0.3) is 0 Å². The molecule has 2 fully saturated rings. The molecule has 2 aliphatic rings. The third-order valence-electron chi connectivity index (χ3n) is 5.15. The van der Waals surface area contributed by atoms with Crippen molar-refractivity contribution in [3.63, 3.8) is 0 Å². The first-order valence-electron chi connectivity index (χ1n) is 9.52. The molecule has 0 spiro atoms. The Bertz CT molecular complexity index is 746. The maximum Gasteiger partial charge on any atom is 0.240 e. The molecule has 0 radical (unpaired) electrons. The average molecular weight is 397 g/mol. The zero-order valence-corrected chi connectivity index (χ0v) is 16.4. The van der Waals surface area contributed by atoms with Gasteiger partial charge in [-0.05, 0) is 51.2 Å². The molecule has 0 bridgehead atoms. The summed E-state index contributed by atoms with van der Waals surface area (Å²) in [5, 5.41) is 12.6. The molecule has 1 aromatic rings. The summed E-state index contributed by atoms with van der Waals surface area (Å²) < 4.78 is 33.7. The molecule has 3 N–H and O–H groups in total. The summed E-state index contributed by atoms with van der Waals surface area (Å²) in [6.45, 7) is 2.18. The molecule has 150 valence electrons. The predicted octanol–water partition coefficient (Wildman–Crippen LogP) is 1.10. The number of rotatable bonds is 8. The van der Waals surface area contributed by atoms with Crippen molar-refractivity contribution in [3.05, 3.63) is 29.8 Å². The molecule has 1 saturated carbocycles. The normalized spacial score (nSPS) is 25.9. The van der Waals surface area contributed by atoms with Gasteiger partial charge in [-0.15, -0.1) is 0 Å². The molecule has 1 saturated heterocycles. The van der Waals surface area contributed by atoms with E-state index < -0.39 is 22.2 Å². The van der Waals surface area contributed by atoms with E-state index in [1.54, 1.807) is 24.3 Å². The Morgan fingerprint density at radius 2 is 1.89 bits per heavy atom. The van der Waals surface area contributed by atoms with Gasteiger partial charge in [0, 0.05) is 12.5 Å². The van der Waals surface area contributed by atoms with Gasteiger partial charge in [-0.2, -0.15) is 0 Å². The minimum Gasteiger partial charge on any atom is -0.394 e. The highest BCUT2D eigenvalue weighted by molar-refractivity contribution is 7.89. The summed E-state index contributed by atoms with van der Waals surface area (Å²) in [6.07, 6.45) is 3.17. The first-order valence-corrected chi connectivity index (χ1v) is 11.0. The lowest BCUT2D eigenvalue weighted by Crippen LogP contribution is -2.51. The van der Waals surface area contributed by atoms with Gasteiger partial charge >= 0.3 is 0 Å². The molecule has 1 heterocycles. The summed E-state index contributed by atoms with van der Waals surface area (Å²) in [4.78, 5) is 11.9. The zero-order valence-electron chi connectivity index (χ0n) is 15.6. The van der Waals surface area contributed by atoms with Crippen LogP contribution in [0, 0.1) is 12.8 Å². The molecule has 1 aromatic carbocycles. The fourth-order valence-electron chi connectivity index (χ4n) is 3.31. The Hall–Kier alpha value is -1.48. The first kappa shape index (κ1) is 20.3. The molecule has 1 aliphatic carbocycles. The number of ether oxygens (including phenoxy) is 1. The van der Waals surface area contributed by atoms with Crippen molar-refractivity contribution < 1.29 is 23.1 Å². The number of nitrogens with one attached hydrogen (secondary N) is 2. The van der Waals surface area contributed by atoms with Crippen LogP contribution in [0.1, 0.15) is 37.7 Å². The summed E-state index contributed by atoms with van der Waals surface area (Å²) >= 11 is 0. The Kier molecular flexibility index (Phi) is 6.52. The lowest BCUT2D eigenvalue weighted by Gasteiger charge is -2.36. The van der Waals surface area contributed by atoms with Crippen LogP contribution < -0.4 is 10.0 Å². The van der Waals surface area contributed by atoms with Gasteiger partial charge in [0.05, 0.1) is 29.8 Å². The van der Waals surface area contributed by atoms with E-state index in [4.69, 9.17) is 4.74 Å². The van der Waals surface area contributed by atoms with Crippen molar-refractivity contribution in [1.82, 2.24) is 10.0 Å². The minimum atomic E-state index is -3.67. The van der Waals surface area contributed by atoms with Crippen LogP contribution in [0.5, 0.6) is 0 Å². The zero-order chi connectivity index (χ0) is 19.4. The van der Waals surface area contributed by atoms with Crippen LogP contribution in [0.3, 0.4) is 0 Å². The monoisotopic (exact) mass is 396 g/mol. The number of aryl methyl sites for hydroxylation is 1. The Morgan fingerprint density at radius 3 is 2.52 bits per heavy atom. The molecule has 3 rings (SSSR count). The van der Waals surface area contributed by atoms with Gasteiger partial charge in [0.2, 0.25) is 15.9 Å². The number of sulfonamides is 1. The van der Waals surface area contributed by atoms with Crippen molar-refractivity contribution in [2.45, 2.75) is 62.2 Å². The van der Waals surface area contributed by atoms with E-state index in [0.29, 0.717) is 25.8 Å².